The molecule has 0 aliphatic heterocycles. The second-order valence-corrected chi connectivity index (χ2v) is 8.20. The van der Waals surface area contributed by atoms with Gasteiger partial charge in [-0.15, -0.1) is 0 Å². The summed E-state index contributed by atoms with van der Waals surface area (Å²) in [6, 6.07) is 11.8. The van der Waals surface area contributed by atoms with Gasteiger partial charge in [-0.25, -0.2) is 9.97 Å². The van der Waals surface area contributed by atoms with Crippen molar-refractivity contribution >= 4 is 28.1 Å². The zero-order chi connectivity index (χ0) is 25.0. The van der Waals surface area contributed by atoms with Gasteiger partial charge in [-0.3, -0.25) is 0 Å². The van der Waals surface area contributed by atoms with Crippen molar-refractivity contribution in [2.24, 2.45) is 0 Å². The summed E-state index contributed by atoms with van der Waals surface area (Å²) in [5.41, 5.74) is 2.66. The number of unbranched alkanes of at least 4 members (excludes halogenated alkanes) is 1. The molecule has 0 atom stereocenters. The Morgan fingerprint density at radius 1 is 1.00 bits per heavy atom. The number of rotatable bonds is 15. The first-order valence-corrected chi connectivity index (χ1v) is 12.3. The van der Waals surface area contributed by atoms with Crippen molar-refractivity contribution in [2.75, 3.05) is 50.5 Å². The molecule has 35 heavy (non-hydrogen) atoms. The highest BCUT2D eigenvalue weighted by Crippen LogP contribution is 2.34. The van der Waals surface area contributed by atoms with E-state index in [0.717, 1.165) is 67.1 Å². The molecule has 1 heterocycles. The lowest BCUT2D eigenvalue weighted by Gasteiger charge is -2.19. The van der Waals surface area contributed by atoms with Crippen LogP contribution in [0, 0.1) is 0 Å². The summed E-state index contributed by atoms with van der Waals surface area (Å²) in [4.78, 5) is 11.2. The number of methoxy groups -OCH3 is 1. The zero-order valence-corrected chi connectivity index (χ0v) is 21.4. The van der Waals surface area contributed by atoms with E-state index in [4.69, 9.17) is 9.47 Å². The number of ether oxygens (including phenoxy) is 2. The van der Waals surface area contributed by atoms with Gasteiger partial charge in [0.05, 0.1) is 18.4 Å². The van der Waals surface area contributed by atoms with Crippen molar-refractivity contribution in [2.45, 2.75) is 33.6 Å². The van der Waals surface area contributed by atoms with Crippen LogP contribution in [0.15, 0.2) is 55.1 Å². The summed E-state index contributed by atoms with van der Waals surface area (Å²) in [5.74, 6) is 2.83. The standard InChI is InChI=1S/C27H38N6O2/c1-6-9-14-28-20(4)31-21-10-12-22(13-11-21)32-27-23-17-25(34-5)26(18-24(23)29-19-30-27)35-16-15-33(7-2)8-3/h10-13,17-19,28,31H,4,6-9,14-16H2,1-3,5H3,(H,29,30,32). The molecule has 0 radical (unpaired) electrons. The van der Waals surface area contributed by atoms with Gasteiger partial charge in [0.1, 0.15) is 18.8 Å². The van der Waals surface area contributed by atoms with Crippen LogP contribution in [0.5, 0.6) is 11.5 Å². The van der Waals surface area contributed by atoms with Crippen LogP contribution in [0.1, 0.15) is 33.6 Å². The molecule has 0 amide bonds. The van der Waals surface area contributed by atoms with Crippen molar-refractivity contribution in [3.8, 4) is 11.5 Å². The lowest BCUT2D eigenvalue weighted by atomic mass is 10.2. The molecule has 0 bridgehead atoms. The van der Waals surface area contributed by atoms with Crippen LogP contribution in [0.25, 0.3) is 10.9 Å². The van der Waals surface area contributed by atoms with Gasteiger partial charge in [-0.1, -0.05) is 33.8 Å². The van der Waals surface area contributed by atoms with E-state index in [0.29, 0.717) is 23.9 Å². The summed E-state index contributed by atoms with van der Waals surface area (Å²) >= 11 is 0. The molecule has 1 aromatic heterocycles. The average molecular weight is 479 g/mol. The highest BCUT2D eigenvalue weighted by Gasteiger charge is 2.12. The molecule has 8 nitrogen and oxygen atoms in total. The van der Waals surface area contributed by atoms with Gasteiger partial charge >= 0.3 is 0 Å². The van der Waals surface area contributed by atoms with E-state index < -0.39 is 0 Å². The molecule has 0 unspecified atom stereocenters. The summed E-state index contributed by atoms with van der Waals surface area (Å²) in [5, 5.41) is 10.8. The fourth-order valence-electron chi connectivity index (χ4n) is 3.67. The Kier molecular flexibility index (Phi) is 9.98. The van der Waals surface area contributed by atoms with Crippen molar-refractivity contribution in [3.63, 3.8) is 0 Å². The maximum atomic E-state index is 6.04. The predicted octanol–water partition coefficient (Wildman–Crippen LogP) is 5.38. The zero-order valence-electron chi connectivity index (χ0n) is 21.4. The number of anilines is 3. The van der Waals surface area contributed by atoms with Gasteiger partial charge in [0, 0.05) is 35.9 Å². The van der Waals surface area contributed by atoms with Gasteiger partial charge < -0.3 is 30.3 Å². The molecule has 188 valence electrons. The van der Waals surface area contributed by atoms with Crippen molar-refractivity contribution in [3.05, 3.63) is 55.1 Å². The van der Waals surface area contributed by atoms with Crippen molar-refractivity contribution < 1.29 is 9.47 Å². The molecule has 0 spiro atoms. The first kappa shape index (κ1) is 26.1. The Balaban J connectivity index is 1.70. The first-order chi connectivity index (χ1) is 17.1. The normalized spacial score (nSPS) is 10.9. The number of likely N-dealkylation sites (N-methyl/N-ethyl adjacent to an activating group) is 1. The molecular weight excluding hydrogens is 440 g/mol. The topological polar surface area (TPSA) is 83.6 Å². The monoisotopic (exact) mass is 478 g/mol. The largest absolute Gasteiger partial charge is 0.493 e. The van der Waals surface area contributed by atoms with Crippen LogP contribution in [0.2, 0.25) is 0 Å². The van der Waals surface area contributed by atoms with Gasteiger partial charge in [0.15, 0.2) is 11.5 Å². The van der Waals surface area contributed by atoms with Crippen LogP contribution in [-0.4, -0.2) is 54.8 Å². The van der Waals surface area contributed by atoms with Crippen molar-refractivity contribution in [1.82, 2.24) is 20.2 Å². The van der Waals surface area contributed by atoms with Crippen LogP contribution in [0.4, 0.5) is 17.2 Å². The predicted molar refractivity (Wildman–Crippen MR) is 145 cm³/mol. The number of nitrogens with one attached hydrogen (secondary N) is 3. The molecule has 0 fully saturated rings. The highest BCUT2D eigenvalue weighted by molar-refractivity contribution is 5.93. The molecule has 8 heteroatoms. The van der Waals surface area contributed by atoms with Gasteiger partial charge in [0.2, 0.25) is 0 Å². The van der Waals surface area contributed by atoms with E-state index in [1.165, 1.54) is 0 Å². The van der Waals surface area contributed by atoms with E-state index in [9.17, 15) is 0 Å². The summed E-state index contributed by atoms with van der Waals surface area (Å²) in [7, 11) is 1.64. The van der Waals surface area contributed by atoms with Crippen LogP contribution in [-0.2, 0) is 0 Å². The highest BCUT2D eigenvalue weighted by atomic mass is 16.5. The number of aromatic nitrogens is 2. The van der Waals surface area contributed by atoms with Gasteiger partial charge in [-0.2, -0.15) is 0 Å². The van der Waals surface area contributed by atoms with Crippen LogP contribution < -0.4 is 25.4 Å². The fraction of sp³-hybridized carbons (Fsp3) is 0.407. The number of hydrogen-bond acceptors (Lipinski definition) is 8. The first-order valence-electron chi connectivity index (χ1n) is 12.3. The Bertz CT molecular complexity index is 1080. The summed E-state index contributed by atoms with van der Waals surface area (Å²) < 4.78 is 11.6. The fourth-order valence-corrected chi connectivity index (χ4v) is 3.67. The number of fused-ring (bicyclic) bond motifs is 1. The summed E-state index contributed by atoms with van der Waals surface area (Å²) in [6.07, 6.45) is 3.82. The summed E-state index contributed by atoms with van der Waals surface area (Å²) in [6.45, 7) is 14.8. The molecule has 0 aliphatic rings. The second-order valence-electron chi connectivity index (χ2n) is 8.20. The second kappa shape index (κ2) is 13.4. The molecule has 3 rings (SSSR count). The Labute approximate surface area is 208 Å². The van der Waals surface area contributed by atoms with Gasteiger partial charge in [0.25, 0.3) is 0 Å². The molecule has 3 aromatic rings. The smallest absolute Gasteiger partial charge is 0.163 e. The minimum Gasteiger partial charge on any atom is -0.493 e. The van der Waals surface area contributed by atoms with E-state index in [1.807, 2.05) is 36.4 Å². The van der Waals surface area contributed by atoms with E-state index >= 15 is 0 Å². The molecule has 3 N–H and O–H groups in total. The third-order valence-electron chi connectivity index (χ3n) is 5.79. The lowest BCUT2D eigenvalue weighted by molar-refractivity contribution is 0.217. The minimum atomic E-state index is 0.584. The number of hydrogen-bond donors (Lipinski definition) is 3. The third-order valence-corrected chi connectivity index (χ3v) is 5.79. The van der Waals surface area contributed by atoms with E-state index in [1.54, 1.807) is 13.4 Å². The van der Waals surface area contributed by atoms with Crippen molar-refractivity contribution in [1.29, 1.82) is 0 Å². The molecule has 0 saturated carbocycles. The van der Waals surface area contributed by atoms with Crippen LogP contribution >= 0.6 is 0 Å². The van der Waals surface area contributed by atoms with Gasteiger partial charge in [-0.05, 0) is 49.8 Å². The van der Waals surface area contributed by atoms with E-state index in [2.05, 4.69) is 58.2 Å². The maximum Gasteiger partial charge on any atom is 0.163 e. The van der Waals surface area contributed by atoms with E-state index in [-0.39, 0.29) is 0 Å². The molecule has 0 saturated heterocycles. The molecule has 0 aliphatic carbocycles. The third kappa shape index (κ3) is 7.48. The number of nitrogens with zero attached hydrogens (tertiary/aromatic N) is 3. The minimum absolute atomic E-state index is 0.584. The number of benzene rings is 2. The Morgan fingerprint density at radius 2 is 1.74 bits per heavy atom. The SMILES string of the molecule is C=C(NCCCC)Nc1ccc(Nc2ncnc3cc(OCCN(CC)CC)c(OC)cc23)cc1. The lowest BCUT2D eigenvalue weighted by Crippen LogP contribution is -2.27. The quantitative estimate of drug-likeness (QED) is 0.251. The Morgan fingerprint density at radius 3 is 2.43 bits per heavy atom. The maximum absolute atomic E-state index is 6.04. The Hall–Kier alpha value is -3.52. The molecule has 2 aromatic carbocycles. The average Bonchev–Trinajstić information content (AvgIpc) is 2.87. The molecular formula is C27H38N6O2. The van der Waals surface area contributed by atoms with Crippen LogP contribution in [0.3, 0.4) is 0 Å².